The Bertz CT molecular complexity index is 926. The van der Waals surface area contributed by atoms with Crippen LogP contribution in [-0.4, -0.2) is 20.0 Å². The van der Waals surface area contributed by atoms with Crippen molar-refractivity contribution < 1.29 is 0 Å². The zero-order valence-corrected chi connectivity index (χ0v) is 10.6. The normalized spacial score (nSPS) is 11.2. The standard InChI is InChI=1S/C15H11N5/c16-12-5-6-14(11-9-17-8-7-10(11)12)20-15-4-2-1-3-13(15)18-19-20/h1-9H,16H2. The molecule has 0 radical (unpaired) electrons. The molecule has 0 fully saturated rings. The summed E-state index contributed by atoms with van der Waals surface area (Å²) in [5, 5.41) is 10.4. The van der Waals surface area contributed by atoms with Crippen LogP contribution < -0.4 is 5.73 Å². The Morgan fingerprint density at radius 1 is 0.950 bits per heavy atom. The van der Waals surface area contributed by atoms with E-state index >= 15 is 0 Å². The monoisotopic (exact) mass is 261 g/mol. The minimum atomic E-state index is 0.732. The molecule has 96 valence electrons. The molecule has 0 saturated carbocycles. The van der Waals surface area contributed by atoms with Gasteiger partial charge in [0.25, 0.3) is 0 Å². The molecule has 5 nitrogen and oxygen atoms in total. The van der Waals surface area contributed by atoms with Crippen LogP contribution >= 0.6 is 0 Å². The number of hydrogen-bond acceptors (Lipinski definition) is 4. The van der Waals surface area contributed by atoms with Gasteiger partial charge in [-0.05, 0) is 30.3 Å². The van der Waals surface area contributed by atoms with Gasteiger partial charge in [0.15, 0.2) is 0 Å². The van der Waals surface area contributed by atoms with Crippen molar-refractivity contribution in [2.75, 3.05) is 5.73 Å². The fourth-order valence-electron chi connectivity index (χ4n) is 2.43. The van der Waals surface area contributed by atoms with Gasteiger partial charge in [-0.15, -0.1) is 5.10 Å². The number of benzene rings is 2. The number of pyridine rings is 1. The summed E-state index contributed by atoms with van der Waals surface area (Å²) in [5.41, 5.74) is 9.50. The molecule has 0 unspecified atom stereocenters. The summed E-state index contributed by atoms with van der Waals surface area (Å²) in [5.74, 6) is 0. The van der Waals surface area contributed by atoms with E-state index in [9.17, 15) is 0 Å². The van der Waals surface area contributed by atoms with E-state index in [-0.39, 0.29) is 0 Å². The third kappa shape index (κ3) is 1.46. The Morgan fingerprint density at radius 2 is 1.85 bits per heavy atom. The number of nitrogens with two attached hydrogens (primary N) is 1. The maximum Gasteiger partial charge on any atom is 0.113 e. The number of anilines is 1. The minimum absolute atomic E-state index is 0.732. The average Bonchev–Trinajstić information content (AvgIpc) is 2.92. The van der Waals surface area contributed by atoms with Gasteiger partial charge in [-0.1, -0.05) is 17.3 Å². The molecule has 0 aliphatic carbocycles. The molecule has 2 N–H and O–H groups in total. The first-order valence-corrected chi connectivity index (χ1v) is 6.27. The Morgan fingerprint density at radius 3 is 2.80 bits per heavy atom. The molecule has 2 heterocycles. The van der Waals surface area contributed by atoms with Crippen molar-refractivity contribution in [3.8, 4) is 5.69 Å². The number of nitrogen functional groups attached to an aromatic ring is 1. The number of nitrogens with zero attached hydrogens (tertiary/aromatic N) is 4. The Labute approximate surface area is 114 Å². The lowest BCUT2D eigenvalue weighted by Crippen LogP contribution is -1.99. The van der Waals surface area contributed by atoms with Crippen LogP contribution in [0.2, 0.25) is 0 Å². The largest absolute Gasteiger partial charge is 0.398 e. The van der Waals surface area contributed by atoms with Crippen LogP contribution in [0.25, 0.3) is 27.5 Å². The molecule has 0 spiro atoms. The molecule has 0 atom stereocenters. The maximum atomic E-state index is 6.02. The molecule has 4 rings (SSSR count). The van der Waals surface area contributed by atoms with Gasteiger partial charge >= 0.3 is 0 Å². The summed E-state index contributed by atoms with van der Waals surface area (Å²) < 4.78 is 1.82. The summed E-state index contributed by atoms with van der Waals surface area (Å²) in [6.07, 6.45) is 3.54. The highest BCUT2D eigenvalue weighted by molar-refractivity contribution is 5.98. The van der Waals surface area contributed by atoms with E-state index in [2.05, 4.69) is 15.3 Å². The van der Waals surface area contributed by atoms with Crippen molar-refractivity contribution in [3.05, 3.63) is 54.9 Å². The van der Waals surface area contributed by atoms with Gasteiger partial charge < -0.3 is 5.73 Å². The van der Waals surface area contributed by atoms with Gasteiger partial charge in [0.1, 0.15) is 5.52 Å². The van der Waals surface area contributed by atoms with E-state index < -0.39 is 0 Å². The van der Waals surface area contributed by atoms with Gasteiger partial charge in [-0.25, -0.2) is 4.68 Å². The van der Waals surface area contributed by atoms with E-state index in [4.69, 9.17) is 5.73 Å². The van der Waals surface area contributed by atoms with E-state index in [0.29, 0.717) is 0 Å². The SMILES string of the molecule is Nc1ccc(-n2nnc3ccccc32)c2cnccc12. The Kier molecular flexibility index (Phi) is 2.20. The number of rotatable bonds is 1. The van der Waals surface area contributed by atoms with Gasteiger partial charge in [-0.3, -0.25) is 4.98 Å². The molecule has 5 heteroatoms. The molecule has 4 aromatic rings. The van der Waals surface area contributed by atoms with Crippen molar-refractivity contribution in [1.82, 2.24) is 20.0 Å². The molecule has 2 aromatic heterocycles. The van der Waals surface area contributed by atoms with Crippen molar-refractivity contribution in [1.29, 1.82) is 0 Å². The first-order valence-electron chi connectivity index (χ1n) is 6.27. The Hall–Kier alpha value is -2.95. The van der Waals surface area contributed by atoms with Crippen LogP contribution in [0.1, 0.15) is 0 Å². The van der Waals surface area contributed by atoms with E-state index in [1.54, 1.807) is 12.4 Å². The second kappa shape index (κ2) is 4.03. The first kappa shape index (κ1) is 10.9. The first-order chi connectivity index (χ1) is 9.84. The van der Waals surface area contributed by atoms with Crippen molar-refractivity contribution in [3.63, 3.8) is 0 Å². The number of aromatic nitrogens is 4. The average molecular weight is 261 g/mol. The fourth-order valence-corrected chi connectivity index (χ4v) is 2.43. The van der Waals surface area contributed by atoms with Crippen LogP contribution in [0.15, 0.2) is 54.9 Å². The van der Waals surface area contributed by atoms with Crippen LogP contribution in [0.3, 0.4) is 0 Å². The third-order valence-electron chi connectivity index (χ3n) is 3.41. The molecular formula is C15H11N5. The number of para-hydroxylation sites is 1. The van der Waals surface area contributed by atoms with E-state index in [0.717, 1.165) is 33.2 Å². The van der Waals surface area contributed by atoms with Gasteiger partial charge in [0.2, 0.25) is 0 Å². The van der Waals surface area contributed by atoms with Crippen molar-refractivity contribution >= 4 is 27.5 Å². The summed E-state index contributed by atoms with van der Waals surface area (Å²) in [6.45, 7) is 0. The zero-order valence-electron chi connectivity index (χ0n) is 10.6. The van der Waals surface area contributed by atoms with Crippen LogP contribution in [0.5, 0.6) is 0 Å². The van der Waals surface area contributed by atoms with E-state index in [1.807, 2.05) is 47.1 Å². The van der Waals surface area contributed by atoms with E-state index in [1.165, 1.54) is 0 Å². The second-order valence-corrected chi connectivity index (χ2v) is 4.59. The van der Waals surface area contributed by atoms with Gasteiger partial charge in [-0.2, -0.15) is 0 Å². The summed E-state index contributed by atoms with van der Waals surface area (Å²) in [7, 11) is 0. The van der Waals surface area contributed by atoms with Crippen molar-refractivity contribution in [2.45, 2.75) is 0 Å². The summed E-state index contributed by atoms with van der Waals surface area (Å²) in [6, 6.07) is 13.6. The van der Waals surface area contributed by atoms with Crippen molar-refractivity contribution in [2.24, 2.45) is 0 Å². The topological polar surface area (TPSA) is 69.6 Å². The molecule has 20 heavy (non-hydrogen) atoms. The van der Waals surface area contributed by atoms with Gasteiger partial charge in [0, 0.05) is 28.9 Å². The highest BCUT2D eigenvalue weighted by Crippen LogP contribution is 2.27. The predicted molar refractivity (Wildman–Crippen MR) is 78.6 cm³/mol. The van der Waals surface area contributed by atoms with Crippen LogP contribution in [0, 0.1) is 0 Å². The highest BCUT2D eigenvalue weighted by Gasteiger charge is 2.10. The highest BCUT2D eigenvalue weighted by atomic mass is 15.4. The number of fused-ring (bicyclic) bond motifs is 2. The van der Waals surface area contributed by atoms with Gasteiger partial charge in [0.05, 0.1) is 11.2 Å². The fraction of sp³-hybridized carbons (Fsp3) is 0. The molecule has 0 amide bonds. The Balaban J connectivity index is 2.10. The summed E-state index contributed by atoms with van der Waals surface area (Å²) >= 11 is 0. The van der Waals surface area contributed by atoms with Crippen LogP contribution in [-0.2, 0) is 0 Å². The predicted octanol–water partition coefficient (Wildman–Crippen LogP) is 2.55. The third-order valence-corrected chi connectivity index (χ3v) is 3.41. The lowest BCUT2D eigenvalue weighted by molar-refractivity contribution is 0.828. The smallest absolute Gasteiger partial charge is 0.113 e. The van der Waals surface area contributed by atoms with Crippen LogP contribution in [0.4, 0.5) is 5.69 Å². The molecule has 0 aliphatic rings. The summed E-state index contributed by atoms with van der Waals surface area (Å²) in [4.78, 5) is 4.19. The minimum Gasteiger partial charge on any atom is -0.398 e. The second-order valence-electron chi connectivity index (χ2n) is 4.59. The quantitative estimate of drug-likeness (QED) is 0.534. The number of hydrogen-bond donors (Lipinski definition) is 1. The maximum absolute atomic E-state index is 6.02. The molecular weight excluding hydrogens is 250 g/mol. The molecule has 0 saturated heterocycles. The zero-order chi connectivity index (χ0) is 13.5. The molecule has 2 aromatic carbocycles. The lowest BCUT2D eigenvalue weighted by atomic mass is 10.1. The molecule has 0 bridgehead atoms. The molecule has 0 aliphatic heterocycles. The lowest BCUT2D eigenvalue weighted by Gasteiger charge is -2.08.